The maximum Gasteiger partial charge on any atom is 0.0681 e. The second kappa shape index (κ2) is 9.16. The van der Waals surface area contributed by atoms with Crippen molar-refractivity contribution < 1.29 is 9.84 Å². The van der Waals surface area contributed by atoms with Crippen LogP contribution >= 0.6 is 0 Å². The van der Waals surface area contributed by atoms with Crippen molar-refractivity contribution >= 4 is 0 Å². The van der Waals surface area contributed by atoms with E-state index >= 15 is 0 Å². The molecule has 0 aliphatic heterocycles. The molecule has 0 radical (unpaired) electrons. The molecule has 17 heavy (non-hydrogen) atoms. The van der Waals surface area contributed by atoms with Crippen LogP contribution in [0.15, 0.2) is 24.3 Å². The van der Waals surface area contributed by atoms with Crippen molar-refractivity contribution in [3.8, 4) is 0 Å². The summed E-state index contributed by atoms with van der Waals surface area (Å²) in [6.07, 6.45) is 3.55. The lowest BCUT2D eigenvalue weighted by molar-refractivity contribution is 0.192. The lowest BCUT2D eigenvalue weighted by Crippen LogP contribution is -2.14. The molecule has 0 saturated carbocycles. The van der Waals surface area contributed by atoms with Crippen molar-refractivity contribution in [2.75, 3.05) is 20.3 Å². The van der Waals surface area contributed by atoms with Gasteiger partial charge in [0, 0.05) is 20.3 Å². The molecule has 1 rings (SSSR count). The fraction of sp³-hybridized carbons (Fsp3) is 0.571. The molecule has 1 aromatic carbocycles. The standard InChI is InChI=1S/C14H23NO2/c1-17-10-4-2-3-9-15-11-13-5-7-14(12-16)8-6-13/h5-8,15-16H,2-4,9-12H2,1H3. The number of unbranched alkanes of at least 4 members (excludes halogenated alkanes) is 2. The molecule has 96 valence electrons. The number of rotatable bonds is 9. The Kier molecular flexibility index (Phi) is 7.63. The fourth-order valence-corrected chi connectivity index (χ4v) is 1.67. The first-order chi connectivity index (χ1) is 8.36. The van der Waals surface area contributed by atoms with Gasteiger partial charge in [-0.05, 0) is 36.9 Å². The van der Waals surface area contributed by atoms with Crippen molar-refractivity contribution in [1.82, 2.24) is 5.32 Å². The van der Waals surface area contributed by atoms with Gasteiger partial charge in [-0.15, -0.1) is 0 Å². The minimum atomic E-state index is 0.118. The van der Waals surface area contributed by atoms with Crippen LogP contribution < -0.4 is 5.32 Å². The van der Waals surface area contributed by atoms with Crippen molar-refractivity contribution in [2.24, 2.45) is 0 Å². The number of aliphatic hydroxyl groups excluding tert-OH is 1. The smallest absolute Gasteiger partial charge is 0.0681 e. The van der Waals surface area contributed by atoms with Crippen LogP contribution in [-0.2, 0) is 17.9 Å². The quantitative estimate of drug-likeness (QED) is 0.646. The average molecular weight is 237 g/mol. The maximum absolute atomic E-state index is 8.92. The largest absolute Gasteiger partial charge is 0.392 e. The van der Waals surface area contributed by atoms with Gasteiger partial charge in [-0.1, -0.05) is 24.3 Å². The molecule has 0 bridgehead atoms. The molecule has 0 aromatic heterocycles. The lowest BCUT2D eigenvalue weighted by Gasteiger charge is -2.05. The Morgan fingerprint density at radius 2 is 1.76 bits per heavy atom. The van der Waals surface area contributed by atoms with Crippen molar-refractivity contribution in [3.05, 3.63) is 35.4 Å². The van der Waals surface area contributed by atoms with Crippen LogP contribution in [0, 0.1) is 0 Å². The molecule has 3 nitrogen and oxygen atoms in total. The number of hydrogen-bond acceptors (Lipinski definition) is 3. The van der Waals surface area contributed by atoms with E-state index in [2.05, 4.69) is 17.4 Å². The molecule has 0 spiro atoms. The molecule has 0 aliphatic rings. The van der Waals surface area contributed by atoms with Gasteiger partial charge in [-0.25, -0.2) is 0 Å². The summed E-state index contributed by atoms with van der Waals surface area (Å²) in [6, 6.07) is 8.05. The molecule has 0 aliphatic carbocycles. The van der Waals surface area contributed by atoms with Gasteiger partial charge in [0.05, 0.1) is 6.61 Å². The Bertz CT molecular complexity index is 285. The summed E-state index contributed by atoms with van der Waals surface area (Å²) in [6.45, 7) is 2.93. The van der Waals surface area contributed by atoms with E-state index in [1.165, 1.54) is 18.4 Å². The van der Waals surface area contributed by atoms with E-state index < -0.39 is 0 Å². The van der Waals surface area contributed by atoms with Crippen LogP contribution in [0.2, 0.25) is 0 Å². The molecule has 0 heterocycles. The Hall–Kier alpha value is -0.900. The first-order valence-electron chi connectivity index (χ1n) is 6.25. The van der Waals surface area contributed by atoms with E-state index in [0.29, 0.717) is 0 Å². The Labute approximate surface area is 104 Å². The summed E-state index contributed by atoms with van der Waals surface area (Å²) < 4.78 is 5.00. The third kappa shape index (κ3) is 6.41. The SMILES string of the molecule is COCCCCCNCc1ccc(CO)cc1. The second-order valence-corrected chi connectivity index (χ2v) is 4.20. The van der Waals surface area contributed by atoms with Gasteiger partial charge in [-0.3, -0.25) is 0 Å². The highest BCUT2D eigenvalue weighted by molar-refractivity contribution is 5.21. The summed E-state index contributed by atoms with van der Waals surface area (Å²) in [5.74, 6) is 0. The number of hydrogen-bond donors (Lipinski definition) is 2. The van der Waals surface area contributed by atoms with Crippen LogP contribution in [0.1, 0.15) is 30.4 Å². The van der Waals surface area contributed by atoms with Crippen molar-refractivity contribution in [3.63, 3.8) is 0 Å². The first kappa shape index (κ1) is 14.2. The minimum absolute atomic E-state index is 0.118. The lowest BCUT2D eigenvalue weighted by atomic mass is 10.1. The Balaban J connectivity index is 2.05. The highest BCUT2D eigenvalue weighted by Gasteiger charge is 1.94. The van der Waals surface area contributed by atoms with E-state index in [9.17, 15) is 0 Å². The molecule has 1 aromatic rings. The zero-order valence-electron chi connectivity index (χ0n) is 10.6. The summed E-state index contributed by atoms with van der Waals surface area (Å²) in [7, 11) is 1.74. The zero-order chi connectivity index (χ0) is 12.3. The molecule has 0 saturated heterocycles. The van der Waals surface area contributed by atoms with Gasteiger partial charge >= 0.3 is 0 Å². The van der Waals surface area contributed by atoms with Gasteiger partial charge in [0.1, 0.15) is 0 Å². The highest BCUT2D eigenvalue weighted by atomic mass is 16.5. The second-order valence-electron chi connectivity index (χ2n) is 4.20. The molecule has 0 unspecified atom stereocenters. The van der Waals surface area contributed by atoms with Crippen molar-refractivity contribution in [2.45, 2.75) is 32.4 Å². The summed E-state index contributed by atoms with van der Waals surface area (Å²) in [5.41, 5.74) is 2.23. The van der Waals surface area contributed by atoms with Crippen molar-refractivity contribution in [1.29, 1.82) is 0 Å². The number of nitrogens with one attached hydrogen (secondary N) is 1. The molecule has 3 heteroatoms. The summed E-state index contributed by atoms with van der Waals surface area (Å²) in [5, 5.41) is 12.3. The third-order valence-corrected chi connectivity index (χ3v) is 2.74. The van der Waals surface area contributed by atoms with E-state index in [0.717, 1.165) is 31.7 Å². The number of aliphatic hydroxyl groups is 1. The van der Waals surface area contributed by atoms with Gasteiger partial charge < -0.3 is 15.2 Å². The summed E-state index contributed by atoms with van der Waals surface area (Å²) >= 11 is 0. The Morgan fingerprint density at radius 3 is 2.41 bits per heavy atom. The van der Waals surface area contributed by atoms with Crippen LogP contribution in [0.3, 0.4) is 0 Å². The number of ether oxygens (including phenoxy) is 1. The van der Waals surface area contributed by atoms with Gasteiger partial charge in [0.2, 0.25) is 0 Å². The van der Waals surface area contributed by atoms with Gasteiger partial charge in [-0.2, -0.15) is 0 Å². The predicted molar refractivity (Wildman–Crippen MR) is 69.8 cm³/mol. The number of methoxy groups -OCH3 is 1. The van der Waals surface area contributed by atoms with E-state index in [-0.39, 0.29) is 6.61 Å². The van der Waals surface area contributed by atoms with Crippen LogP contribution in [0.25, 0.3) is 0 Å². The highest BCUT2D eigenvalue weighted by Crippen LogP contribution is 2.04. The first-order valence-corrected chi connectivity index (χ1v) is 6.25. The van der Waals surface area contributed by atoms with Gasteiger partial charge in [0.25, 0.3) is 0 Å². The molecule has 0 atom stereocenters. The average Bonchev–Trinajstić information content (AvgIpc) is 2.38. The van der Waals surface area contributed by atoms with Gasteiger partial charge in [0.15, 0.2) is 0 Å². The normalized spacial score (nSPS) is 10.7. The van der Waals surface area contributed by atoms with E-state index in [1.54, 1.807) is 7.11 Å². The van der Waals surface area contributed by atoms with Crippen LogP contribution in [0.5, 0.6) is 0 Å². The monoisotopic (exact) mass is 237 g/mol. The van der Waals surface area contributed by atoms with E-state index in [1.807, 2.05) is 12.1 Å². The molecular formula is C14H23NO2. The molecular weight excluding hydrogens is 214 g/mol. The zero-order valence-corrected chi connectivity index (χ0v) is 10.6. The Morgan fingerprint density at radius 1 is 1.06 bits per heavy atom. The maximum atomic E-state index is 8.92. The van der Waals surface area contributed by atoms with Crippen LogP contribution in [-0.4, -0.2) is 25.4 Å². The minimum Gasteiger partial charge on any atom is -0.392 e. The predicted octanol–water partition coefficient (Wildman–Crippen LogP) is 2.09. The molecule has 2 N–H and O–H groups in total. The molecule has 0 fully saturated rings. The fourth-order valence-electron chi connectivity index (χ4n) is 1.67. The molecule has 0 amide bonds. The van der Waals surface area contributed by atoms with E-state index in [4.69, 9.17) is 9.84 Å². The topological polar surface area (TPSA) is 41.5 Å². The number of benzene rings is 1. The summed E-state index contributed by atoms with van der Waals surface area (Å²) in [4.78, 5) is 0. The van der Waals surface area contributed by atoms with Crippen LogP contribution in [0.4, 0.5) is 0 Å². The third-order valence-electron chi connectivity index (χ3n) is 2.74.